The predicted molar refractivity (Wildman–Crippen MR) is 117 cm³/mol. The molecule has 4 aromatic heterocycles. The molecule has 0 radical (unpaired) electrons. The number of anilines is 1. The van der Waals surface area contributed by atoms with Gasteiger partial charge in [-0.3, -0.25) is 0 Å². The lowest BCUT2D eigenvalue weighted by Gasteiger charge is -2.27. The number of alkyl halides is 2. The van der Waals surface area contributed by atoms with E-state index in [1.54, 1.807) is 23.7 Å². The first kappa shape index (κ1) is 20.7. The molecule has 32 heavy (non-hydrogen) atoms. The minimum atomic E-state index is -2.48. The van der Waals surface area contributed by atoms with Gasteiger partial charge in [-0.25, -0.2) is 28.2 Å². The van der Waals surface area contributed by atoms with Crippen molar-refractivity contribution in [3.8, 4) is 11.3 Å². The van der Waals surface area contributed by atoms with Crippen LogP contribution >= 0.6 is 0 Å². The van der Waals surface area contributed by atoms with Gasteiger partial charge in [-0.15, -0.1) is 5.10 Å². The number of aliphatic hydroxyl groups excluding tert-OH is 1. The standard InChI is InChI=1S/C22H25F2N7O/c1-13-26-18-7-6-17(28-21(18)30(13)11-20(23)24)16-8-9-31-19(16)10-25-22(29-31)27-15-4-2-14(12-32)3-5-15/h6-10,14-15,20,32H,2-5,11-12H2,1H3,(H,27,29). The van der Waals surface area contributed by atoms with E-state index in [2.05, 4.69) is 25.4 Å². The molecule has 0 saturated heterocycles. The summed E-state index contributed by atoms with van der Waals surface area (Å²) < 4.78 is 29.2. The third-order valence-corrected chi connectivity index (χ3v) is 6.23. The fourth-order valence-electron chi connectivity index (χ4n) is 4.48. The second kappa shape index (κ2) is 8.42. The van der Waals surface area contributed by atoms with Gasteiger partial charge in [-0.05, 0) is 56.7 Å². The number of rotatable bonds is 6. The number of imidazole rings is 1. The normalized spacial score (nSPS) is 19.3. The summed E-state index contributed by atoms with van der Waals surface area (Å²) in [4.78, 5) is 13.5. The van der Waals surface area contributed by atoms with Crippen molar-refractivity contribution in [1.82, 2.24) is 29.1 Å². The fourth-order valence-corrected chi connectivity index (χ4v) is 4.48. The second-order valence-corrected chi connectivity index (χ2v) is 8.39. The zero-order chi connectivity index (χ0) is 22.2. The molecule has 2 N–H and O–H groups in total. The Morgan fingerprint density at radius 3 is 2.72 bits per heavy atom. The SMILES string of the molecule is Cc1nc2ccc(-c3ccn4nc(NC5CCC(CO)CC5)ncc34)nc2n1CC(F)F. The van der Waals surface area contributed by atoms with Gasteiger partial charge >= 0.3 is 0 Å². The molecule has 1 fully saturated rings. The molecule has 0 aliphatic heterocycles. The molecule has 0 aromatic carbocycles. The summed E-state index contributed by atoms with van der Waals surface area (Å²) in [6.07, 6.45) is 5.08. The number of hydrogen-bond donors (Lipinski definition) is 2. The summed E-state index contributed by atoms with van der Waals surface area (Å²) in [7, 11) is 0. The molecule has 4 heterocycles. The summed E-state index contributed by atoms with van der Waals surface area (Å²) in [5.41, 5.74) is 3.29. The van der Waals surface area contributed by atoms with Crippen LogP contribution in [0.4, 0.5) is 14.7 Å². The number of aryl methyl sites for hydroxylation is 1. The summed E-state index contributed by atoms with van der Waals surface area (Å²) >= 11 is 0. The van der Waals surface area contributed by atoms with Crippen LogP contribution in [0.5, 0.6) is 0 Å². The van der Waals surface area contributed by atoms with E-state index in [1.807, 2.05) is 18.3 Å². The van der Waals surface area contributed by atoms with Crippen molar-refractivity contribution < 1.29 is 13.9 Å². The van der Waals surface area contributed by atoms with Crippen molar-refractivity contribution in [3.05, 3.63) is 36.4 Å². The molecule has 0 unspecified atom stereocenters. The predicted octanol–water partition coefficient (Wildman–Crippen LogP) is 3.68. The van der Waals surface area contributed by atoms with Crippen molar-refractivity contribution in [1.29, 1.82) is 0 Å². The number of hydrogen-bond acceptors (Lipinski definition) is 6. The molecule has 1 saturated carbocycles. The highest BCUT2D eigenvalue weighted by atomic mass is 19.3. The zero-order valence-electron chi connectivity index (χ0n) is 17.7. The topological polar surface area (TPSA) is 93.2 Å². The Morgan fingerprint density at radius 1 is 1.16 bits per heavy atom. The van der Waals surface area contributed by atoms with Crippen LogP contribution in [0, 0.1) is 12.8 Å². The van der Waals surface area contributed by atoms with Crippen LogP contribution in [0.15, 0.2) is 30.6 Å². The highest BCUT2D eigenvalue weighted by Gasteiger charge is 2.21. The molecular formula is C22H25F2N7O. The molecule has 4 aromatic rings. The molecule has 0 spiro atoms. The quantitative estimate of drug-likeness (QED) is 0.474. The van der Waals surface area contributed by atoms with Gasteiger partial charge in [-0.1, -0.05) is 0 Å². The number of pyridine rings is 1. The van der Waals surface area contributed by atoms with Gasteiger partial charge in [0.05, 0.1) is 24.0 Å². The van der Waals surface area contributed by atoms with Gasteiger partial charge in [0.1, 0.15) is 11.3 Å². The maximum atomic E-state index is 13.0. The highest BCUT2D eigenvalue weighted by Crippen LogP contribution is 2.28. The lowest BCUT2D eigenvalue weighted by molar-refractivity contribution is 0.127. The summed E-state index contributed by atoms with van der Waals surface area (Å²) in [5, 5.41) is 17.3. The smallest absolute Gasteiger partial charge is 0.256 e. The van der Waals surface area contributed by atoms with Crippen LogP contribution in [-0.2, 0) is 6.54 Å². The molecule has 5 rings (SSSR count). The summed E-state index contributed by atoms with van der Waals surface area (Å²) in [5.74, 6) is 1.47. The molecular weight excluding hydrogens is 416 g/mol. The first-order chi connectivity index (χ1) is 15.5. The summed E-state index contributed by atoms with van der Waals surface area (Å²) in [6.45, 7) is 1.52. The van der Waals surface area contributed by atoms with Crippen molar-refractivity contribution in [2.24, 2.45) is 5.92 Å². The molecule has 168 valence electrons. The van der Waals surface area contributed by atoms with Gasteiger partial charge in [-0.2, -0.15) is 0 Å². The Kier molecular flexibility index (Phi) is 5.46. The average molecular weight is 441 g/mol. The summed E-state index contributed by atoms with van der Waals surface area (Å²) in [6, 6.07) is 5.83. The Bertz CT molecular complexity index is 1240. The van der Waals surface area contributed by atoms with E-state index in [4.69, 9.17) is 0 Å². The lowest BCUT2D eigenvalue weighted by atomic mass is 9.87. The van der Waals surface area contributed by atoms with Crippen LogP contribution in [0.2, 0.25) is 0 Å². The van der Waals surface area contributed by atoms with Crippen molar-refractivity contribution in [3.63, 3.8) is 0 Å². The van der Waals surface area contributed by atoms with Crippen LogP contribution in [0.25, 0.3) is 27.9 Å². The van der Waals surface area contributed by atoms with E-state index in [-0.39, 0.29) is 6.61 Å². The van der Waals surface area contributed by atoms with Crippen LogP contribution in [0.1, 0.15) is 31.5 Å². The van der Waals surface area contributed by atoms with E-state index >= 15 is 0 Å². The van der Waals surface area contributed by atoms with E-state index in [0.717, 1.165) is 36.8 Å². The van der Waals surface area contributed by atoms with Crippen molar-refractivity contribution in [2.45, 2.75) is 51.6 Å². The Hall–Kier alpha value is -3.14. The van der Waals surface area contributed by atoms with Crippen LogP contribution in [0.3, 0.4) is 0 Å². The third kappa shape index (κ3) is 3.90. The van der Waals surface area contributed by atoms with Crippen molar-refractivity contribution in [2.75, 3.05) is 11.9 Å². The monoisotopic (exact) mass is 441 g/mol. The maximum Gasteiger partial charge on any atom is 0.256 e. The number of halogens is 2. The number of nitrogens with zero attached hydrogens (tertiary/aromatic N) is 6. The zero-order valence-corrected chi connectivity index (χ0v) is 17.7. The van der Waals surface area contributed by atoms with E-state index in [1.165, 1.54) is 4.57 Å². The van der Waals surface area contributed by atoms with E-state index in [9.17, 15) is 13.9 Å². The Labute approximate surface area is 183 Å². The molecule has 0 atom stereocenters. The fraction of sp³-hybridized carbons (Fsp3) is 0.455. The molecule has 0 amide bonds. The average Bonchev–Trinajstić information content (AvgIpc) is 3.34. The van der Waals surface area contributed by atoms with Gasteiger partial charge in [0.15, 0.2) is 5.65 Å². The number of aromatic nitrogens is 6. The second-order valence-electron chi connectivity index (χ2n) is 8.39. The third-order valence-electron chi connectivity index (χ3n) is 6.23. The number of nitrogens with one attached hydrogen (secondary N) is 1. The minimum Gasteiger partial charge on any atom is -0.396 e. The molecule has 0 bridgehead atoms. The molecule has 1 aliphatic carbocycles. The van der Waals surface area contributed by atoms with E-state index < -0.39 is 13.0 Å². The highest BCUT2D eigenvalue weighted by molar-refractivity contribution is 5.82. The van der Waals surface area contributed by atoms with Gasteiger partial charge < -0.3 is 15.0 Å². The number of aliphatic hydroxyl groups is 1. The molecule has 8 nitrogen and oxygen atoms in total. The number of fused-ring (bicyclic) bond motifs is 2. The Morgan fingerprint density at radius 2 is 1.97 bits per heavy atom. The molecule has 1 aliphatic rings. The van der Waals surface area contributed by atoms with Crippen LogP contribution < -0.4 is 5.32 Å². The van der Waals surface area contributed by atoms with Gasteiger partial charge in [0.2, 0.25) is 5.95 Å². The largest absolute Gasteiger partial charge is 0.396 e. The van der Waals surface area contributed by atoms with Gasteiger partial charge in [0, 0.05) is 24.4 Å². The molecule has 10 heteroatoms. The maximum absolute atomic E-state index is 13.0. The minimum absolute atomic E-state index is 0.254. The lowest BCUT2D eigenvalue weighted by Crippen LogP contribution is -2.28. The first-order valence-corrected chi connectivity index (χ1v) is 10.9. The van der Waals surface area contributed by atoms with E-state index in [0.29, 0.717) is 40.6 Å². The van der Waals surface area contributed by atoms with Gasteiger partial charge in [0.25, 0.3) is 6.43 Å². The first-order valence-electron chi connectivity index (χ1n) is 10.9. The van der Waals surface area contributed by atoms with Crippen LogP contribution in [-0.4, -0.2) is 53.3 Å². The Balaban J connectivity index is 1.42. The van der Waals surface area contributed by atoms with Crippen molar-refractivity contribution >= 4 is 22.6 Å².